The van der Waals surface area contributed by atoms with E-state index in [1.54, 1.807) is 10.8 Å². The Bertz CT molecular complexity index is 1620. The van der Waals surface area contributed by atoms with Crippen molar-refractivity contribution in [3.05, 3.63) is 57.5 Å². The third-order valence-corrected chi connectivity index (χ3v) is 7.29. The van der Waals surface area contributed by atoms with E-state index >= 15 is 0 Å². The minimum absolute atomic E-state index is 0.170. The molecule has 0 radical (unpaired) electrons. The Morgan fingerprint density at radius 1 is 1.03 bits per heavy atom. The van der Waals surface area contributed by atoms with E-state index in [9.17, 15) is 14.4 Å². The Labute approximate surface area is 217 Å². The molecular formula is C26H28N8O4. The summed E-state index contributed by atoms with van der Waals surface area (Å²) in [5, 5.41) is 0.308. The van der Waals surface area contributed by atoms with Crippen LogP contribution in [0.4, 0.5) is 5.82 Å². The SMILES string of the molecule is NC(=O)CN1CCC(n2c(=O)[nH]c(=O)c3cnc4ccc(-c5ccc(N6CCOCC6)nc5)nc4c32)CC1. The number of primary amides is 1. The zero-order chi connectivity index (χ0) is 26.2. The maximum Gasteiger partial charge on any atom is 0.329 e. The molecule has 0 spiro atoms. The number of hydrogen-bond donors (Lipinski definition) is 2. The van der Waals surface area contributed by atoms with Crippen LogP contribution in [0.15, 0.2) is 46.2 Å². The number of aromatic nitrogens is 5. The maximum absolute atomic E-state index is 13.1. The number of piperidine rings is 1. The number of carbonyl (C=O) groups excluding carboxylic acids is 1. The molecule has 0 aliphatic carbocycles. The van der Waals surface area contributed by atoms with Crippen LogP contribution < -0.4 is 21.9 Å². The minimum atomic E-state index is -0.495. The van der Waals surface area contributed by atoms with Crippen molar-refractivity contribution in [2.45, 2.75) is 18.9 Å². The molecule has 6 rings (SSSR count). The van der Waals surface area contributed by atoms with Gasteiger partial charge in [-0.1, -0.05) is 0 Å². The second-order valence-electron chi connectivity index (χ2n) is 9.69. The van der Waals surface area contributed by atoms with E-state index in [2.05, 4.69) is 19.9 Å². The molecule has 2 saturated heterocycles. The van der Waals surface area contributed by atoms with Crippen molar-refractivity contribution < 1.29 is 9.53 Å². The number of amides is 1. The van der Waals surface area contributed by atoms with E-state index in [0.717, 1.165) is 24.5 Å². The van der Waals surface area contributed by atoms with Crippen LogP contribution in [0, 0.1) is 0 Å². The number of likely N-dealkylation sites (tertiary alicyclic amines) is 1. The molecule has 3 N–H and O–H groups in total. The highest BCUT2D eigenvalue weighted by atomic mass is 16.5. The lowest BCUT2D eigenvalue weighted by molar-refractivity contribution is -0.119. The van der Waals surface area contributed by atoms with Crippen molar-refractivity contribution in [2.24, 2.45) is 5.73 Å². The predicted molar refractivity (Wildman–Crippen MR) is 142 cm³/mol. The van der Waals surface area contributed by atoms with Crippen molar-refractivity contribution in [1.29, 1.82) is 0 Å². The van der Waals surface area contributed by atoms with Gasteiger partial charge in [-0.05, 0) is 37.1 Å². The van der Waals surface area contributed by atoms with E-state index in [4.69, 9.17) is 15.5 Å². The average molecular weight is 517 g/mol. The lowest BCUT2D eigenvalue weighted by atomic mass is 10.0. The first-order valence-electron chi connectivity index (χ1n) is 12.7. The van der Waals surface area contributed by atoms with Crippen LogP contribution in [0.3, 0.4) is 0 Å². The summed E-state index contributed by atoms with van der Waals surface area (Å²) in [7, 11) is 0. The number of morpholine rings is 1. The summed E-state index contributed by atoms with van der Waals surface area (Å²) < 4.78 is 7.06. The number of hydrogen-bond acceptors (Lipinski definition) is 9. The van der Waals surface area contributed by atoms with Crippen LogP contribution in [0.2, 0.25) is 0 Å². The van der Waals surface area contributed by atoms with Gasteiger partial charge < -0.3 is 15.4 Å². The van der Waals surface area contributed by atoms with Gasteiger partial charge in [0, 0.05) is 50.2 Å². The molecule has 4 aromatic heterocycles. The van der Waals surface area contributed by atoms with Gasteiger partial charge in [0.05, 0.1) is 41.9 Å². The van der Waals surface area contributed by atoms with Crippen molar-refractivity contribution in [3.63, 3.8) is 0 Å². The number of fused-ring (bicyclic) bond motifs is 3. The van der Waals surface area contributed by atoms with E-state index in [1.807, 2.05) is 29.2 Å². The highest BCUT2D eigenvalue weighted by Gasteiger charge is 2.25. The number of aromatic amines is 1. The number of rotatable bonds is 5. The van der Waals surface area contributed by atoms with Crippen LogP contribution in [0.5, 0.6) is 0 Å². The Hall–Kier alpha value is -4.16. The van der Waals surface area contributed by atoms with Crippen LogP contribution in [0.1, 0.15) is 18.9 Å². The monoisotopic (exact) mass is 516 g/mol. The molecule has 6 heterocycles. The fraction of sp³-hybridized carbons (Fsp3) is 0.385. The Morgan fingerprint density at radius 2 is 1.82 bits per heavy atom. The normalized spacial score (nSPS) is 17.3. The quantitative estimate of drug-likeness (QED) is 0.364. The summed E-state index contributed by atoms with van der Waals surface area (Å²) >= 11 is 0. The first kappa shape index (κ1) is 24.2. The van der Waals surface area contributed by atoms with Gasteiger partial charge in [0.1, 0.15) is 11.3 Å². The third-order valence-electron chi connectivity index (χ3n) is 7.29. The van der Waals surface area contributed by atoms with Crippen molar-refractivity contribution in [3.8, 4) is 11.3 Å². The molecule has 0 unspecified atom stereocenters. The molecule has 196 valence electrons. The van der Waals surface area contributed by atoms with Crippen LogP contribution in [0.25, 0.3) is 33.2 Å². The lowest BCUT2D eigenvalue weighted by Crippen LogP contribution is -2.42. The minimum Gasteiger partial charge on any atom is -0.378 e. The largest absolute Gasteiger partial charge is 0.378 e. The number of nitrogens with zero attached hydrogens (tertiary/aromatic N) is 6. The molecule has 38 heavy (non-hydrogen) atoms. The van der Waals surface area contributed by atoms with Gasteiger partial charge >= 0.3 is 5.69 Å². The van der Waals surface area contributed by atoms with E-state index in [1.165, 1.54) is 6.20 Å². The number of pyridine rings is 3. The number of nitrogens with two attached hydrogens (primary N) is 1. The maximum atomic E-state index is 13.1. The average Bonchev–Trinajstić information content (AvgIpc) is 2.94. The number of carbonyl (C=O) groups is 1. The summed E-state index contributed by atoms with van der Waals surface area (Å²) in [6, 6.07) is 7.48. The highest BCUT2D eigenvalue weighted by Crippen LogP contribution is 2.29. The van der Waals surface area contributed by atoms with Gasteiger partial charge in [-0.25, -0.2) is 14.8 Å². The molecule has 12 heteroatoms. The summed E-state index contributed by atoms with van der Waals surface area (Å²) in [5.41, 5.74) is 7.41. The third kappa shape index (κ3) is 4.52. The molecular weight excluding hydrogens is 488 g/mol. The molecule has 1 amide bonds. The molecule has 0 atom stereocenters. The zero-order valence-electron chi connectivity index (χ0n) is 20.8. The van der Waals surface area contributed by atoms with Gasteiger partial charge in [-0.3, -0.25) is 29.0 Å². The van der Waals surface area contributed by atoms with E-state index in [0.29, 0.717) is 66.8 Å². The number of anilines is 1. The highest BCUT2D eigenvalue weighted by molar-refractivity contribution is 6.01. The fourth-order valence-corrected chi connectivity index (χ4v) is 5.37. The number of ether oxygens (including phenoxy) is 1. The lowest BCUT2D eigenvalue weighted by Gasteiger charge is -2.32. The molecule has 0 aromatic carbocycles. The van der Waals surface area contributed by atoms with E-state index in [-0.39, 0.29) is 18.5 Å². The smallest absolute Gasteiger partial charge is 0.329 e. The Kier molecular flexibility index (Phi) is 6.34. The summed E-state index contributed by atoms with van der Waals surface area (Å²) in [6.45, 7) is 4.37. The van der Waals surface area contributed by atoms with Crippen LogP contribution in [-0.4, -0.2) is 81.2 Å². The first-order chi connectivity index (χ1) is 18.5. The van der Waals surface area contributed by atoms with Crippen LogP contribution in [-0.2, 0) is 9.53 Å². The fourth-order valence-electron chi connectivity index (χ4n) is 5.37. The second-order valence-corrected chi connectivity index (χ2v) is 9.69. The summed E-state index contributed by atoms with van der Waals surface area (Å²) in [6.07, 6.45) is 4.54. The standard InChI is InChI=1S/C26H28N8O4/c27-21(35)15-32-7-5-17(6-8-32)34-24-18(25(36)31-26(34)37)14-28-20-3-2-19(30-23(20)24)16-1-4-22(29-13-16)33-9-11-38-12-10-33/h1-4,13-14,17H,5-12,15H2,(H2,27,35)(H,31,36,37). The van der Waals surface area contributed by atoms with Crippen LogP contribution >= 0.6 is 0 Å². The second kappa shape index (κ2) is 9.95. The van der Waals surface area contributed by atoms with Crippen molar-refractivity contribution in [1.82, 2.24) is 29.4 Å². The topological polar surface area (TPSA) is 152 Å². The molecule has 2 fully saturated rings. The molecule has 2 aliphatic heterocycles. The van der Waals surface area contributed by atoms with Gasteiger partial charge in [0.2, 0.25) is 5.91 Å². The molecule has 0 bridgehead atoms. The Balaban J connectivity index is 1.42. The van der Waals surface area contributed by atoms with E-state index < -0.39 is 11.2 Å². The number of nitrogens with one attached hydrogen (secondary N) is 1. The van der Waals surface area contributed by atoms with Gasteiger partial charge in [-0.2, -0.15) is 0 Å². The van der Waals surface area contributed by atoms with Gasteiger partial charge in [0.15, 0.2) is 0 Å². The summed E-state index contributed by atoms with van der Waals surface area (Å²) in [5.74, 6) is 0.504. The van der Waals surface area contributed by atoms with Gasteiger partial charge in [-0.15, -0.1) is 0 Å². The first-order valence-corrected chi connectivity index (χ1v) is 12.7. The van der Waals surface area contributed by atoms with Gasteiger partial charge in [0.25, 0.3) is 5.56 Å². The van der Waals surface area contributed by atoms with Crippen molar-refractivity contribution >= 4 is 33.7 Å². The number of H-pyrrole nitrogens is 1. The molecule has 12 nitrogen and oxygen atoms in total. The molecule has 2 aliphatic rings. The summed E-state index contributed by atoms with van der Waals surface area (Å²) in [4.78, 5) is 57.8. The Morgan fingerprint density at radius 3 is 2.53 bits per heavy atom. The zero-order valence-corrected chi connectivity index (χ0v) is 20.8. The van der Waals surface area contributed by atoms with Crippen molar-refractivity contribution in [2.75, 3.05) is 50.8 Å². The molecule has 0 saturated carbocycles. The predicted octanol–water partition coefficient (Wildman–Crippen LogP) is 0.654. The molecule has 4 aromatic rings.